The number of amides is 2. The number of aromatic nitrogens is 2. The Hall–Kier alpha value is -4.14. The fraction of sp³-hybridized carbons (Fsp3) is 0.308. The quantitative estimate of drug-likeness (QED) is 0.543. The van der Waals surface area contributed by atoms with Crippen molar-refractivity contribution in [3.63, 3.8) is 0 Å². The second kappa shape index (κ2) is 10.0. The van der Waals surface area contributed by atoms with Gasteiger partial charge in [0.2, 0.25) is 11.8 Å². The van der Waals surface area contributed by atoms with E-state index in [4.69, 9.17) is 5.73 Å². The van der Waals surface area contributed by atoms with E-state index in [0.29, 0.717) is 6.42 Å². The second-order valence-electron chi connectivity index (χ2n) is 8.80. The number of nitrogens with one attached hydrogen (secondary N) is 1. The first-order valence-electron chi connectivity index (χ1n) is 11.6. The van der Waals surface area contributed by atoms with E-state index in [1.54, 1.807) is 4.90 Å². The van der Waals surface area contributed by atoms with Crippen LogP contribution in [-0.4, -0.2) is 34.5 Å². The molecule has 1 atom stereocenters. The number of nitrogens with zero attached hydrogens (tertiary/aromatic N) is 3. The molecule has 9 heteroatoms. The van der Waals surface area contributed by atoms with Crippen LogP contribution < -0.4 is 26.8 Å². The Kier molecular flexibility index (Phi) is 6.86. The number of aryl methyl sites for hydroxylation is 1. The van der Waals surface area contributed by atoms with Crippen molar-refractivity contribution in [2.75, 3.05) is 28.6 Å². The van der Waals surface area contributed by atoms with Crippen LogP contribution in [-0.2, 0) is 16.1 Å². The number of rotatable bonds is 7. The van der Waals surface area contributed by atoms with Crippen molar-refractivity contribution >= 4 is 29.0 Å². The molecule has 2 heterocycles. The molecule has 0 spiro atoms. The van der Waals surface area contributed by atoms with Gasteiger partial charge in [0.1, 0.15) is 5.82 Å². The minimum atomic E-state index is -0.724. The molecular weight excluding hydrogens is 446 g/mol. The number of H-pyrrole nitrogens is 1. The Balaban J connectivity index is 1.66. The molecule has 1 aliphatic rings. The lowest BCUT2D eigenvalue weighted by Crippen LogP contribution is -2.44. The zero-order valence-electron chi connectivity index (χ0n) is 19.9. The van der Waals surface area contributed by atoms with Crippen LogP contribution >= 0.6 is 0 Å². The van der Waals surface area contributed by atoms with Gasteiger partial charge in [0.05, 0.1) is 12.5 Å². The van der Waals surface area contributed by atoms with Crippen LogP contribution in [0.25, 0.3) is 0 Å². The highest BCUT2D eigenvalue weighted by Gasteiger charge is 2.38. The van der Waals surface area contributed by atoms with Gasteiger partial charge in [0.25, 0.3) is 5.56 Å². The number of benzene rings is 2. The lowest BCUT2D eigenvalue weighted by Gasteiger charge is -2.26. The van der Waals surface area contributed by atoms with E-state index >= 15 is 0 Å². The maximum Gasteiger partial charge on any atom is 0.330 e. The van der Waals surface area contributed by atoms with Crippen molar-refractivity contribution < 1.29 is 9.59 Å². The molecule has 182 valence electrons. The monoisotopic (exact) mass is 475 g/mol. The van der Waals surface area contributed by atoms with Crippen molar-refractivity contribution in [1.82, 2.24) is 9.55 Å². The third-order valence-electron chi connectivity index (χ3n) is 6.20. The fourth-order valence-electron chi connectivity index (χ4n) is 4.38. The van der Waals surface area contributed by atoms with Gasteiger partial charge < -0.3 is 15.5 Å². The van der Waals surface area contributed by atoms with Crippen LogP contribution in [0, 0.1) is 12.8 Å². The van der Waals surface area contributed by atoms with Crippen LogP contribution in [0.5, 0.6) is 0 Å². The molecule has 3 N–H and O–H groups in total. The first kappa shape index (κ1) is 24.0. The number of hydrogen-bond acceptors (Lipinski definition) is 5. The molecule has 1 aromatic heterocycles. The highest BCUT2D eigenvalue weighted by atomic mass is 16.2. The van der Waals surface area contributed by atoms with E-state index < -0.39 is 17.2 Å². The third-order valence-corrected chi connectivity index (χ3v) is 6.20. The summed E-state index contributed by atoms with van der Waals surface area (Å²) in [6.07, 6.45) is 0.596. The Labute approximate surface area is 202 Å². The average molecular weight is 476 g/mol. The van der Waals surface area contributed by atoms with Gasteiger partial charge in [-0.3, -0.25) is 23.9 Å². The van der Waals surface area contributed by atoms with Gasteiger partial charge in [0.15, 0.2) is 5.69 Å². The van der Waals surface area contributed by atoms with E-state index in [2.05, 4.69) is 4.98 Å². The van der Waals surface area contributed by atoms with Crippen molar-refractivity contribution in [2.24, 2.45) is 5.92 Å². The minimum absolute atomic E-state index is 0.0361. The van der Waals surface area contributed by atoms with E-state index in [0.717, 1.165) is 16.8 Å². The number of hydrogen-bond donors (Lipinski definition) is 2. The molecule has 2 aromatic carbocycles. The van der Waals surface area contributed by atoms with Gasteiger partial charge >= 0.3 is 5.69 Å². The number of nitrogen functional groups attached to an aromatic ring is 1. The molecular formula is C26H29N5O4. The predicted octanol–water partition coefficient (Wildman–Crippen LogP) is 2.27. The van der Waals surface area contributed by atoms with Crippen molar-refractivity contribution in [1.29, 1.82) is 0 Å². The number of carbonyl (C=O) groups is 2. The maximum atomic E-state index is 13.6. The number of nitrogens with two attached hydrogens (primary N) is 1. The summed E-state index contributed by atoms with van der Waals surface area (Å²) in [5.74, 6) is -1.23. The summed E-state index contributed by atoms with van der Waals surface area (Å²) >= 11 is 0. The largest absolute Gasteiger partial charge is 0.383 e. The zero-order chi connectivity index (χ0) is 25.1. The number of anilines is 3. The highest BCUT2D eigenvalue weighted by molar-refractivity contribution is 6.05. The maximum absolute atomic E-state index is 13.6. The summed E-state index contributed by atoms with van der Waals surface area (Å²) in [5, 5.41) is 0. The molecule has 2 amide bonds. The van der Waals surface area contributed by atoms with E-state index in [1.807, 2.05) is 68.4 Å². The molecule has 0 unspecified atom stereocenters. The zero-order valence-corrected chi connectivity index (χ0v) is 19.9. The number of aromatic amines is 1. The lowest BCUT2D eigenvalue weighted by atomic mass is 10.1. The van der Waals surface area contributed by atoms with Gasteiger partial charge in [-0.1, -0.05) is 55.0 Å². The van der Waals surface area contributed by atoms with Crippen molar-refractivity contribution in [3.8, 4) is 0 Å². The molecule has 0 aliphatic carbocycles. The van der Waals surface area contributed by atoms with Crippen LogP contribution in [0.2, 0.25) is 0 Å². The molecule has 0 radical (unpaired) electrons. The lowest BCUT2D eigenvalue weighted by molar-refractivity contribution is -0.124. The van der Waals surface area contributed by atoms with Crippen LogP contribution in [0.15, 0.2) is 64.2 Å². The summed E-state index contributed by atoms with van der Waals surface area (Å²) in [6, 6.07) is 16.8. The van der Waals surface area contributed by atoms with Crippen molar-refractivity contribution in [2.45, 2.75) is 33.2 Å². The molecule has 3 aromatic rings. The van der Waals surface area contributed by atoms with Gasteiger partial charge in [-0.2, -0.15) is 0 Å². The van der Waals surface area contributed by atoms with Gasteiger partial charge in [0, 0.05) is 25.2 Å². The summed E-state index contributed by atoms with van der Waals surface area (Å²) in [7, 11) is 0. The minimum Gasteiger partial charge on any atom is -0.383 e. The molecule has 1 fully saturated rings. The molecule has 4 rings (SSSR count). The Morgan fingerprint density at radius 3 is 2.43 bits per heavy atom. The molecule has 0 bridgehead atoms. The first-order valence-corrected chi connectivity index (χ1v) is 11.6. The van der Waals surface area contributed by atoms with Crippen LogP contribution in [0.3, 0.4) is 0 Å². The second-order valence-corrected chi connectivity index (χ2v) is 8.80. The average Bonchev–Trinajstić information content (AvgIpc) is 3.23. The molecule has 35 heavy (non-hydrogen) atoms. The molecule has 1 saturated heterocycles. The van der Waals surface area contributed by atoms with Gasteiger partial charge in [-0.05, 0) is 31.0 Å². The van der Waals surface area contributed by atoms with E-state index in [1.165, 1.54) is 9.47 Å². The topological polar surface area (TPSA) is 121 Å². The summed E-state index contributed by atoms with van der Waals surface area (Å²) in [4.78, 5) is 57.0. The summed E-state index contributed by atoms with van der Waals surface area (Å²) in [5.41, 5.74) is 7.52. The van der Waals surface area contributed by atoms with Crippen LogP contribution in [0.1, 0.15) is 30.9 Å². The smallest absolute Gasteiger partial charge is 0.330 e. The SMILES string of the molecule is CCCN(C(=O)[C@H]1CC(=O)N(c2ccc(C)cc2)C1)c1c(N)n(Cc2ccccc2)c(=O)[nH]c1=O. The Morgan fingerprint density at radius 2 is 1.77 bits per heavy atom. The van der Waals surface area contributed by atoms with Crippen molar-refractivity contribution in [3.05, 3.63) is 86.6 Å². The Bertz CT molecular complexity index is 1340. The summed E-state index contributed by atoms with van der Waals surface area (Å²) in [6.45, 7) is 4.42. The molecule has 0 saturated carbocycles. The van der Waals surface area contributed by atoms with E-state index in [9.17, 15) is 19.2 Å². The standard InChI is InChI=1S/C26H29N5O4/c1-3-13-29(25(34)19-14-21(32)30(16-19)20-11-9-17(2)10-12-20)22-23(27)31(26(35)28-24(22)33)15-18-7-5-4-6-8-18/h4-12,19H,3,13-16,27H2,1-2H3,(H,28,33,35)/t19-/m0/s1. The molecule has 9 nitrogen and oxygen atoms in total. The number of carbonyl (C=O) groups excluding carboxylic acids is 2. The van der Waals surface area contributed by atoms with E-state index in [-0.39, 0.29) is 49.4 Å². The van der Waals surface area contributed by atoms with Gasteiger partial charge in [-0.15, -0.1) is 0 Å². The summed E-state index contributed by atoms with van der Waals surface area (Å²) < 4.78 is 1.25. The third kappa shape index (κ3) is 4.89. The van der Waals surface area contributed by atoms with Crippen LogP contribution in [0.4, 0.5) is 17.2 Å². The first-order chi connectivity index (χ1) is 16.8. The Morgan fingerprint density at radius 1 is 1.09 bits per heavy atom. The fourth-order valence-corrected chi connectivity index (χ4v) is 4.38. The predicted molar refractivity (Wildman–Crippen MR) is 136 cm³/mol. The highest BCUT2D eigenvalue weighted by Crippen LogP contribution is 2.29. The van der Waals surface area contributed by atoms with Gasteiger partial charge in [-0.25, -0.2) is 4.79 Å². The normalized spacial score (nSPS) is 15.4. The molecule has 1 aliphatic heterocycles.